The average molecular weight is 474 g/mol. The molecule has 0 spiro atoms. The molecule has 2 aliphatic heterocycles. The first-order chi connectivity index (χ1) is 17.0. The number of likely N-dealkylation sites (tertiary alicyclic amines) is 1. The van der Waals surface area contributed by atoms with Crippen LogP contribution in [0.5, 0.6) is 0 Å². The van der Waals surface area contributed by atoms with E-state index in [4.69, 9.17) is 9.15 Å². The van der Waals surface area contributed by atoms with Crippen LogP contribution in [0.3, 0.4) is 0 Å². The number of hydrogen-bond acceptors (Lipinski definition) is 5. The van der Waals surface area contributed by atoms with E-state index in [2.05, 4.69) is 5.32 Å². The minimum atomic E-state index is -0.759. The molecule has 35 heavy (non-hydrogen) atoms. The molecule has 1 aromatic heterocycles. The molecule has 0 aliphatic carbocycles. The first-order valence-electron chi connectivity index (χ1n) is 11.8. The summed E-state index contributed by atoms with van der Waals surface area (Å²) in [7, 11) is 0. The van der Waals surface area contributed by atoms with E-state index in [-0.39, 0.29) is 24.1 Å². The van der Waals surface area contributed by atoms with E-state index in [1.54, 1.807) is 36.4 Å². The standard InChI is InChI=1S/C27H27N3O5/c1-18-6-8-19(9-7-18)17-30-23(26(32)29-14-2-3-15-29)24(35-27(30)33)20-10-12-21(13-11-20)28-25(31)22-5-4-16-34-22/h4-13,16,23-24H,2-3,14-15,17H2,1H3,(H,28,31). The average Bonchev–Trinajstić information content (AvgIpc) is 3.63. The van der Waals surface area contributed by atoms with Gasteiger partial charge in [0.05, 0.1) is 12.8 Å². The van der Waals surface area contributed by atoms with E-state index >= 15 is 0 Å². The Morgan fingerprint density at radius 2 is 1.71 bits per heavy atom. The molecular weight excluding hydrogens is 446 g/mol. The molecular formula is C27H27N3O5. The zero-order valence-corrected chi connectivity index (χ0v) is 19.5. The highest BCUT2D eigenvalue weighted by molar-refractivity contribution is 6.02. The zero-order valence-electron chi connectivity index (χ0n) is 19.5. The van der Waals surface area contributed by atoms with Crippen molar-refractivity contribution < 1.29 is 23.5 Å². The van der Waals surface area contributed by atoms with Gasteiger partial charge in [-0.05, 0) is 55.2 Å². The predicted molar refractivity (Wildman–Crippen MR) is 129 cm³/mol. The van der Waals surface area contributed by atoms with E-state index in [1.165, 1.54) is 11.2 Å². The fourth-order valence-electron chi connectivity index (χ4n) is 4.57. The van der Waals surface area contributed by atoms with Gasteiger partial charge < -0.3 is 19.4 Å². The van der Waals surface area contributed by atoms with Crippen LogP contribution in [0.2, 0.25) is 0 Å². The van der Waals surface area contributed by atoms with Gasteiger partial charge in [0.15, 0.2) is 17.9 Å². The molecule has 0 bridgehead atoms. The molecule has 5 rings (SSSR count). The highest BCUT2D eigenvalue weighted by atomic mass is 16.6. The Hall–Kier alpha value is -4.07. The van der Waals surface area contributed by atoms with Crippen LogP contribution in [0.15, 0.2) is 71.3 Å². The Morgan fingerprint density at radius 3 is 2.37 bits per heavy atom. The molecule has 3 heterocycles. The third kappa shape index (κ3) is 4.77. The molecule has 0 radical (unpaired) electrons. The minimum absolute atomic E-state index is 0.0966. The smallest absolute Gasteiger partial charge is 0.411 e. The maximum atomic E-state index is 13.6. The summed E-state index contributed by atoms with van der Waals surface area (Å²) in [5.74, 6) is -0.246. The summed E-state index contributed by atoms with van der Waals surface area (Å²) in [6, 6.07) is 17.4. The van der Waals surface area contributed by atoms with Crippen molar-refractivity contribution >= 4 is 23.6 Å². The molecule has 2 aliphatic rings. The summed E-state index contributed by atoms with van der Waals surface area (Å²) in [5, 5.41) is 2.77. The van der Waals surface area contributed by atoms with Crippen molar-refractivity contribution in [3.05, 3.63) is 89.4 Å². The predicted octanol–water partition coefficient (Wildman–Crippen LogP) is 4.52. The van der Waals surface area contributed by atoms with Crippen molar-refractivity contribution in [1.82, 2.24) is 9.80 Å². The van der Waals surface area contributed by atoms with Gasteiger partial charge in [0.25, 0.3) is 5.91 Å². The molecule has 0 saturated carbocycles. The number of amides is 3. The summed E-state index contributed by atoms with van der Waals surface area (Å²) < 4.78 is 10.9. The van der Waals surface area contributed by atoms with Crippen LogP contribution < -0.4 is 5.32 Å². The number of aryl methyl sites for hydroxylation is 1. The van der Waals surface area contributed by atoms with Crippen molar-refractivity contribution in [3.8, 4) is 0 Å². The van der Waals surface area contributed by atoms with Crippen molar-refractivity contribution in [2.75, 3.05) is 18.4 Å². The SMILES string of the molecule is Cc1ccc(CN2C(=O)OC(c3ccc(NC(=O)c4ccco4)cc3)C2C(=O)N2CCCC2)cc1. The molecule has 2 saturated heterocycles. The van der Waals surface area contributed by atoms with Gasteiger partial charge in [0.1, 0.15) is 0 Å². The molecule has 8 nitrogen and oxygen atoms in total. The summed E-state index contributed by atoms with van der Waals surface area (Å²) >= 11 is 0. The molecule has 2 unspecified atom stereocenters. The van der Waals surface area contributed by atoms with Crippen molar-refractivity contribution in [3.63, 3.8) is 0 Å². The lowest BCUT2D eigenvalue weighted by Gasteiger charge is -2.28. The van der Waals surface area contributed by atoms with Crippen LogP contribution in [0.1, 0.15) is 46.2 Å². The zero-order chi connectivity index (χ0) is 24.4. The lowest BCUT2D eigenvalue weighted by Crippen LogP contribution is -2.47. The topological polar surface area (TPSA) is 92.1 Å². The number of ether oxygens (including phenoxy) is 1. The minimum Gasteiger partial charge on any atom is -0.459 e. The van der Waals surface area contributed by atoms with Crippen LogP contribution in [0, 0.1) is 6.92 Å². The fourth-order valence-corrected chi connectivity index (χ4v) is 4.57. The molecule has 180 valence electrons. The van der Waals surface area contributed by atoms with E-state index in [9.17, 15) is 14.4 Å². The number of furan rings is 1. The fraction of sp³-hybridized carbons (Fsp3) is 0.296. The second kappa shape index (κ2) is 9.66. The number of carbonyl (C=O) groups is 3. The van der Waals surface area contributed by atoms with Crippen molar-refractivity contribution in [2.45, 2.75) is 38.5 Å². The molecule has 2 aromatic carbocycles. The normalized spacial score (nSPS) is 19.6. The molecule has 1 N–H and O–H groups in total. The van der Waals surface area contributed by atoms with Gasteiger partial charge in [-0.15, -0.1) is 0 Å². The summed E-state index contributed by atoms with van der Waals surface area (Å²) in [5.41, 5.74) is 3.32. The van der Waals surface area contributed by atoms with Crippen LogP contribution >= 0.6 is 0 Å². The summed E-state index contributed by atoms with van der Waals surface area (Å²) in [6.07, 6.45) is 2.10. The van der Waals surface area contributed by atoms with Gasteiger partial charge >= 0.3 is 6.09 Å². The number of hydrogen-bond donors (Lipinski definition) is 1. The van der Waals surface area contributed by atoms with Gasteiger partial charge in [0, 0.05) is 18.8 Å². The number of benzene rings is 2. The Labute approximate surface area is 203 Å². The second-order valence-electron chi connectivity index (χ2n) is 8.95. The Bertz CT molecular complexity index is 1200. The van der Waals surface area contributed by atoms with Gasteiger partial charge in [-0.1, -0.05) is 42.0 Å². The maximum absolute atomic E-state index is 13.6. The third-order valence-electron chi connectivity index (χ3n) is 6.47. The van der Waals surface area contributed by atoms with Crippen LogP contribution in [0.25, 0.3) is 0 Å². The van der Waals surface area contributed by atoms with Crippen LogP contribution in [-0.2, 0) is 16.1 Å². The Balaban J connectivity index is 1.39. The molecule has 2 fully saturated rings. The summed E-state index contributed by atoms with van der Waals surface area (Å²) in [4.78, 5) is 42.1. The van der Waals surface area contributed by atoms with Crippen LogP contribution in [-0.4, -0.2) is 46.8 Å². The second-order valence-corrected chi connectivity index (χ2v) is 8.95. The van der Waals surface area contributed by atoms with Gasteiger partial charge in [-0.25, -0.2) is 4.79 Å². The molecule has 3 aromatic rings. The number of anilines is 1. The number of nitrogens with one attached hydrogen (secondary N) is 1. The Kier molecular flexibility index (Phi) is 6.27. The summed E-state index contributed by atoms with van der Waals surface area (Å²) in [6.45, 7) is 3.67. The van der Waals surface area contributed by atoms with Gasteiger partial charge in [-0.2, -0.15) is 0 Å². The van der Waals surface area contributed by atoms with Crippen LogP contribution in [0.4, 0.5) is 10.5 Å². The maximum Gasteiger partial charge on any atom is 0.411 e. The van der Waals surface area contributed by atoms with Crippen molar-refractivity contribution in [1.29, 1.82) is 0 Å². The highest BCUT2D eigenvalue weighted by Gasteiger charge is 2.48. The number of cyclic esters (lactones) is 1. The molecule has 3 amide bonds. The van der Waals surface area contributed by atoms with E-state index in [1.807, 2.05) is 36.1 Å². The van der Waals surface area contributed by atoms with E-state index in [0.717, 1.165) is 24.0 Å². The quantitative estimate of drug-likeness (QED) is 0.568. The number of rotatable bonds is 6. The van der Waals surface area contributed by atoms with Gasteiger partial charge in [-0.3, -0.25) is 14.5 Å². The molecule has 2 atom stereocenters. The lowest BCUT2D eigenvalue weighted by molar-refractivity contribution is -0.135. The first kappa shape index (κ1) is 22.7. The third-order valence-corrected chi connectivity index (χ3v) is 6.47. The van der Waals surface area contributed by atoms with E-state index < -0.39 is 18.2 Å². The van der Waals surface area contributed by atoms with Gasteiger partial charge in [0.2, 0.25) is 5.91 Å². The lowest BCUT2D eigenvalue weighted by atomic mass is 9.99. The molecule has 8 heteroatoms. The monoisotopic (exact) mass is 473 g/mol. The van der Waals surface area contributed by atoms with Crippen molar-refractivity contribution in [2.24, 2.45) is 0 Å². The largest absolute Gasteiger partial charge is 0.459 e. The number of carbonyl (C=O) groups excluding carboxylic acids is 3. The Morgan fingerprint density at radius 1 is 1.00 bits per heavy atom. The number of nitrogens with zero attached hydrogens (tertiary/aromatic N) is 2. The first-order valence-corrected chi connectivity index (χ1v) is 11.8. The van der Waals surface area contributed by atoms with E-state index in [0.29, 0.717) is 24.3 Å². The highest BCUT2D eigenvalue weighted by Crippen LogP contribution is 2.36.